The van der Waals surface area contributed by atoms with E-state index in [1.54, 1.807) is 17.7 Å². The molecule has 0 radical (unpaired) electrons. The third kappa shape index (κ3) is 2.91. The number of nitrogens with one attached hydrogen (secondary N) is 2. The smallest absolute Gasteiger partial charge is 0.134 e. The van der Waals surface area contributed by atoms with Crippen LogP contribution in [0.15, 0.2) is 17.2 Å². The second-order valence-electron chi connectivity index (χ2n) is 3.56. The average Bonchev–Trinajstić information content (AvgIpc) is 2.83. The molecule has 0 bridgehead atoms. The Morgan fingerprint density at radius 1 is 1.18 bits per heavy atom. The van der Waals surface area contributed by atoms with Crippen LogP contribution < -0.4 is 10.6 Å². The van der Waals surface area contributed by atoms with Gasteiger partial charge >= 0.3 is 0 Å². The first-order valence-corrected chi connectivity index (χ1v) is 6.42. The summed E-state index contributed by atoms with van der Waals surface area (Å²) in [5.74, 6) is 1.73. The molecule has 0 aliphatic carbocycles. The molecule has 2 rings (SSSR count). The molecule has 0 spiro atoms. The maximum atomic E-state index is 4.23. The molecule has 2 aromatic rings. The van der Waals surface area contributed by atoms with Crippen molar-refractivity contribution < 1.29 is 0 Å². The van der Waals surface area contributed by atoms with Crippen molar-refractivity contribution in [1.82, 2.24) is 15.0 Å². The van der Waals surface area contributed by atoms with Crippen molar-refractivity contribution in [1.29, 1.82) is 0 Å². The summed E-state index contributed by atoms with van der Waals surface area (Å²) in [6.07, 6.45) is 1.56. The molecule has 0 aromatic carbocycles. The molecular weight excluding hydrogens is 234 g/mol. The van der Waals surface area contributed by atoms with Crippen LogP contribution in [0.2, 0.25) is 0 Å². The summed E-state index contributed by atoms with van der Waals surface area (Å²) < 4.78 is 0. The quantitative estimate of drug-likeness (QED) is 0.851. The minimum absolute atomic E-state index is 0.687. The van der Waals surface area contributed by atoms with Gasteiger partial charge in [0, 0.05) is 17.5 Å². The fraction of sp³-hybridized carbons (Fsp3) is 0.364. The summed E-state index contributed by atoms with van der Waals surface area (Å²) in [7, 11) is 0. The van der Waals surface area contributed by atoms with Gasteiger partial charge in [-0.15, -0.1) is 11.3 Å². The fourth-order valence-corrected chi connectivity index (χ4v) is 2.03. The lowest BCUT2D eigenvalue weighted by molar-refractivity contribution is 1.02. The van der Waals surface area contributed by atoms with Crippen LogP contribution in [0, 0.1) is 6.92 Å². The maximum Gasteiger partial charge on any atom is 0.134 e. The number of hydrogen-bond donors (Lipinski definition) is 2. The topological polar surface area (TPSA) is 62.7 Å². The van der Waals surface area contributed by atoms with Crippen LogP contribution >= 0.6 is 11.3 Å². The van der Waals surface area contributed by atoms with E-state index in [2.05, 4.69) is 25.6 Å². The molecule has 6 heteroatoms. The van der Waals surface area contributed by atoms with Crippen molar-refractivity contribution in [3.63, 3.8) is 0 Å². The predicted molar refractivity (Wildman–Crippen MR) is 70.4 cm³/mol. The number of thiazole rings is 1. The van der Waals surface area contributed by atoms with Crippen LogP contribution in [0.25, 0.3) is 0 Å². The van der Waals surface area contributed by atoms with Crippen molar-refractivity contribution in [3.8, 4) is 0 Å². The highest BCUT2D eigenvalue weighted by Crippen LogP contribution is 2.18. The van der Waals surface area contributed by atoms with Gasteiger partial charge in [-0.05, 0) is 13.8 Å². The molecular formula is C11H15N5S. The molecule has 0 amide bonds. The largest absolute Gasteiger partial charge is 0.370 e. The number of nitrogens with zero attached hydrogens (tertiary/aromatic N) is 3. The van der Waals surface area contributed by atoms with Crippen LogP contribution in [0.3, 0.4) is 0 Å². The monoisotopic (exact) mass is 249 g/mol. The first-order valence-electron chi connectivity index (χ1n) is 5.47. The standard InChI is InChI=1S/C11H15N5S/c1-3-12-10-8(2)11(15-6-14-10)13-4-9-5-17-7-16-9/h5-7H,3-4H2,1-2H3,(H2,12,13,14,15). The molecule has 0 aliphatic heterocycles. The van der Waals surface area contributed by atoms with Gasteiger partial charge in [-0.1, -0.05) is 0 Å². The summed E-state index contributed by atoms with van der Waals surface area (Å²) in [6, 6.07) is 0. The van der Waals surface area contributed by atoms with E-state index in [0.29, 0.717) is 6.54 Å². The van der Waals surface area contributed by atoms with E-state index in [-0.39, 0.29) is 0 Å². The van der Waals surface area contributed by atoms with Gasteiger partial charge in [0.25, 0.3) is 0 Å². The zero-order chi connectivity index (χ0) is 12.1. The normalized spacial score (nSPS) is 10.2. The molecule has 90 valence electrons. The lowest BCUT2D eigenvalue weighted by Crippen LogP contribution is -2.08. The maximum absolute atomic E-state index is 4.23. The van der Waals surface area contributed by atoms with E-state index in [9.17, 15) is 0 Å². The first kappa shape index (κ1) is 11.8. The van der Waals surface area contributed by atoms with E-state index in [0.717, 1.165) is 29.4 Å². The van der Waals surface area contributed by atoms with Gasteiger partial charge < -0.3 is 10.6 Å². The van der Waals surface area contributed by atoms with Gasteiger partial charge in [-0.2, -0.15) is 0 Å². The summed E-state index contributed by atoms with van der Waals surface area (Å²) in [5.41, 5.74) is 3.89. The highest BCUT2D eigenvalue weighted by molar-refractivity contribution is 7.07. The molecule has 0 atom stereocenters. The fourth-order valence-electron chi connectivity index (χ4n) is 1.47. The molecule has 0 aliphatic rings. The van der Waals surface area contributed by atoms with Crippen LogP contribution in [-0.2, 0) is 6.54 Å². The predicted octanol–water partition coefficient (Wildman–Crippen LogP) is 2.29. The molecule has 2 N–H and O–H groups in total. The highest BCUT2D eigenvalue weighted by Gasteiger charge is 2.05. The molecule has 0 saturated carbocycles. The Morgan fingerprint density at radius 3 is 2.59 bits per heavy atom. The van der Waals surface area contributed by atoms with Crippen LogP contribution in [0.4, 0.5) is 11.6 Å². The number of anilines is 2. The Hall–Kier alpha value is -1.69. The van der Waals surface area contributed by atoms with Crippen molar-refractivity contribution in [3.05, 3.63) is 28.5 Å². The lowest BCUT2D eigenvalue weighted by atomic mass is 10.3. The van der Waals surface area contributed by atoms with Crippen LogP contribution in [0.5, 0.6) is 0 Å². The van der Waals surface area contributed by atoms with E-state index < -0.39 is 0 Å². The lowest BCUT2D eigenvalue weighted by Gasteiger charge is -2.11. The molecule has 0 fully saturated rings. The minimum atomic E-state index is 0.687. The number of hydrogen-bond acceptors (Lipinski definition) is 6. The molecule has 5 nitrogen and oxygen atoms in total. The Labute approximate surface area is 104 Å². The summed E-state index contributed by atoms with van der Waals surface area (Å²) >= 11 is 1.59. The first-order chi connectivity index (χ1) is 8.31. The van der Waals surface area contributed by atoms with Crippen molar-refractivity contribution >= 4 is 23.0 Å². The van der Waals surface area contributed by atoms with Gasteiger partial charge in [-0.25, -0.2) is 15.0 Å². The summed E-state index contributed by atoms with van der Waals surface area (Å²) in [5, 5.41) is 8.49. The minimum Gasteiger partial charge on any atom is -0.370 e. The Morgan fingerprint density at radius 2 is 1.94 bits per heavy atom. The van der Waals surface area contributed by atoms with Gasteiger partial charge in [0.1, 0.15) is 18.0 Å². The summed E-state index contributed by atoms with van der Waals surface area (Å²) in [6.45, 7) is 5.58. The second-order valence-corrected chi connectivity index (χ2v) is 4.28. The second kappa shape index (κ2) is 5.58. The van der Waals surface area contributed by atoms with E-state index >= 15 is 0 Å². The van der Waals surface area contributed by atoms with Gasteiger partial charge in [0.05, 0.1) is 17.7 Å². The molecule has 2 aromatic heterocycles. The van der Waals surface area contributed by atoms with Gasteiger partial charge in [0.2, 0.25) is 0 Å². The third-order valence-electron chi connectivity index (χ3n) is 2.35. The van der Waals surface area contributed by atoms with Gasteiger partial charge in [-0.3, -0.25) is 0 Å². The van der Waals surface area contributed by atoms with Crippen molar-refractivity contribution in [2.75, 3.05) is 17.2 Å². The van der Waals surface area contributed by atoms with Crippen molar-refractivity contribution in [2.24, 2.45) is 0 Å². The Balaban J connectivity index is 2.07. The molecule has 17 heavy (non-hydrogen) atoms. The van der Waals surface area contributed by atoms with Crippen LogP contribution in [0.1, 0.15) is 18.2 Å². The third-order valence-corrected chi connectivity index (χ3v) is 2.98. The Kier molecular flexibility index (Phi) is 3.87. The SMILES string of the molecule is CCNc1ncnc(NCc2cscn2)c1C. The number of rotatable bonds is 5. The molecule has 0 unspecified atom stereocenters. The molecule has 0 saturated heterocycles. The van der Waals surface area contributed by atoms with E-state index in [1.807, 2.05) is 24.7 Å². The zero-order valence-corrected chi connectivity index (χ0v) is 10.7. The van der Waals surface area contributed by atoms with E-state index in [1.165, 1.54) is 0 Å². The van der Waals surface area contributed by atoms with E-state index in [4.69, 9.17) is 0 Å². The van der Waals surface area contributed by atoms with Crippen molar-refractivity contribution in [2.45, 2.75) is 20.4 Å². The van der Waals surface area contributed by atoms with Crippen LogP contribution in [-0.4, -0.2) is 21.5 Å². The number of aromatic nitrogens is 3. The zero-order valence-electron chi connectivity index (χ0n) is 9.90. The average molecular weight is 249 g/mol. The summed E-state index contributed by atoms with van der Waals surface area (Å²) in [4.78, 5) is 12.6. The highest BCUT2D eigenvalue weighted by atomic mass is 32.1. The Bertz CT molecular complexity index is 469. The van der Waals surface area contributed by atoms with Gasteiger partial charge in [0.15, 0.2) is 0 Å². The molecule has 2 heterocycles.